The van der Waals surface area contributed by atoms with Crippen LogP contribution in [0, 0.1) is 6.92 Å². The molecule has 9 heteroatoms. The average Bonchev–Trinajstić information content (AvgIpc) is 2.96. The van der Waals surface area contributed by atoms with E-state index in [1.54, 1.807) is 12.1 Å². The Hall–Kier alpha value is -2.13. The molecule has 0 radical (unpaired) electrons. The van der Waals surface area contributed by atoms with Crippen molar-refractivity contribution in [2.24, 2.45) is 0 Å². The molecule has 1 atom stereocenters. The van der Waals surface area contributed by atoms with E-state index in [-0.39, 0.29) is 11.5 Å². The summed E-state index contributed by atoms with van der Waals surface area (Å²) in [7, 11) is -3.76. The van der Waals surface area contributed by atoms with Gasteiger partial charge >= 0.3 is 5.69 Å². The van der Waals surface area contributed by atoms with E-state index in [9.17, 15) is 18.0 Å². The van der Waals surface area contributed by atoms with Gasteiger partial charge in [-0.15, -0.1) is 0 Å². The van der Waals surface area contributed by atoms with Crippen LogP contribution in [0.3, 0.4) is 0 Å². The number of rotatable bonds is 3. The van der Waals surface area contributed by atoms with Crippen LogP contribution in [0.15, 0.2) is 21.7 Å². The van der Waals surface area contributed by atoms with Crippen molar-refractivity contribution in [3.8, 4) is 0 Å². The molecule has 1 aliphatic heterocycles. The summed E-state index contributed by atoms with van der Waals surface area (Å²) in [5, 5.41) is 0.233. The first-order chi connectivity index (χ1) is 10.8. The Balaban J connectivity index is 2.24. The van der Waals surface area contributed by atoms with Crippen molar-refractivity contribution < 1.29 is 13.2 Å². The third kappa shape index (κ3) is 3.02. The third-order valence-corrected chi connectivity index (χ3v) is 4.33. The Morgan fingerprint density at radius 1 is 1.35 bits per heavy atom. The molecule has 0 saturated carbocycles. The standard InChI is InChI=1S/C14H17N3O5S/c1-8-6-11-10(7-9(8)12-4-3-5-22-12)13(18)17(14(19)15-11)16-23(2,20)21/h6-7,12,16H,3-5H2,1-2H3,(H,15,19). The second kappa shape index (κ2) is 5.50. The van der Waals surface area contributed by atoms with Crippen molar-refractivity contribution in [2.75, 3.05) is 17.7 Å². The Kier molecular flexibility index (Phi) is 3.77. The molecule has 0 amide bonds. The number of ether oxygens (including phenoxy) is 1. The van der Waals surface area contributed by atoms with Gasteiger partial charge in [0.25, 0.3) is 5.56 Å². The third-order valence-electron chi connectivity index (χ3n) is 3.82. The SMILES string of the molecule is Cc1cc2[nH]c(=O)n(NS(C)(=O)=O)c(=O)c2cc1C1CCCO1. The average molecular weight is 339 g/mol. The topological polar surface area (TPSA) is 110 Å². The van der Waals surface area contributed by atoms with Gasteiger partial charge in [0.05, 0.1) is 23.3 Å². The number of nitrogens with one attached hydrogen (secondary N) is 2. The lowest BCUT2D eigenvalue weighted by atomic mass is 9.99. The van der Waals surface area contributed by atoms with E-state index < -0.39 is 21.3 Å². The molecule has 0 bridgehead atoms. The lowest BCUT2D eigenvalue weighted by Gasteiger charge is -2.15. The molecule has 2 N–H and O–H groups in total. The van der Waals surface area contributed by atoms with Crippen molar-refractivity contribution in [1.82, 2.24) is 9.66 Å². The molecule has 1 unspecified atom stereocenters. The van der Waals surface area contributed by atoms with E-state index in [0.29, 0.717) is 16.8 Å². The predicted octanol–water partition coefficient (Wildman–Crippen LogP) is 0.353. The summed E-state index contributed by atoms with van der Waals surface area (Å²) in [6, 6.07) is 3.37. The van der Waals surface area contributed by atoms with Crippen molar-refractivity contribution in [3.05, 3.63) is 44.1 Å². The lowest BCUT2D eigenvalue weighted by molar-refractivity contribution is 0.111. The minimum atomic E-state index is -3.76. The molecule has 0 spiro atoms. The van der Waals surface area contributed by atoms with Gasteiger partial charge in [-0.1, -0.05) is 0 Å². The summed E-state index contributed by atoms with van der Waals surface area (Å²) in [4.78, 5) is 28.9. The molecule has 1 aromatic carbocycles. The molecule has 2 heterocycles. The smallest absolute Gasteiger partial charge is 0.348 e. The molecular weight excluding hydrogens is 322 g/mol. The number of fused-ring (bicyclic) bond motifs is 1. The van der Waals surface area contributed by atoms with Crippen molar-refractivity contribution in [3.63, 3.8) is 0 Å². The fourth-order valence-electron chi connectivity index (χ4n) is 2.81. The summed E-state index contributed by atoms with van der Waals surface area (Å²) < 4.78 is 28.8. The van der Waals surface area contributed by atoms with Crippen LogP contribution >= 0.6 is 0 Å². The molecule has 3 rings (SSSR count). The molecule has 0 aliphatic carbocycles. The van der Waals surface area contributed by atoms with Gasteiger partial charge in [-0.2, -0.15) is 4.68 Å². The number of aromatic amines is 1. The van der Waals surface area contributed by atoms with Crippen LogP contribution in [0.1, 0.15) is 30.1 Å². The summed E-state index contributed by atoms with van der Waals surface area (Å²) in [6.45, 7) is 2.56. The van der Waals surface area contributed by atoms with E-state index in [1.807, 2.05) is 11.8 Å². The largest absolute Gasteiger partial charge is 0.374 e. The molecular formula is C14H17N3O5S. The van der Waals surface area contributed by atoms with Crippen LogP contribution in [-0.4, -0.2) is 30.9 Å². The molecule has 23 heavy (non-hydrogen) atoms. The van der Waals surface area contributed by atoms with Crippen LogP contribution in [0.25, 0.3) is 10.9 Å². The van der Waals surface area contributed by atoms with E-state index in [4.69, 9.17) is 4.74 Å². The minimum Gasteiger partial charge on any atom is -0.374 e. The van der Waals surface area contributed by atoms with Crippen LogP contribution in [0.2, 0.25) is 0 Å². The van der Waals surface area contributed by atoms with Crippen LogP contribution in [-0.2, 0) is 14.8 Å². The Labute approximate surface area is 132 Å². The van der Waals surface area contributed by atoms with E-state index in [2.05, 4.69) is 4.98 Å². The number of nitrogens with zero attached hydrogens (tertiary/aromatic N) is 1. The van der Waals surface area contributed by atoms with Gasteiger partial charge in [0.2, 0.25) is 10.0 Å². The van der Waals surface area contributed by atoms with Gasteiger partial charge < -0.3 is 9.72 Å². The van der Waals surface area contributed by atoms with E-state index >= 15 is 0 Å². The molecule has 2 aromatic rings. The monoisotopic (exact) mass is 339 g/mol. The summed E-state index contributed by atoms with van der Waals surface area (Å²) in [6.07, 6.45) is 2.61. The summed E-state index contributed by atoms with van der Waals surface area (Å²) >= 11 is 0. The first kappa shape index (κ1) is 15.8. The van der Waals surface area contributed by atoms with E-state index in [0.717, 1.165) is 30.2 Å². The normalized spacial score (nSPS) is 18.4. The quantitative estimate of drug-likeness (QED) is 0.838. The summed E-state index contributed by atoms with van der Waals surface area (Å²) in [5.74, 6) is 0. The second-order valence-corrected chi connectivity index (χ2v) is 7.42. The highest BCUT2D eigenvalue weighted by molar-refractivity contribution is 7.91. The van der Waals surface area contributed by atoms with Gasteiger partial charge in [-0.25, -0.2) is 18.0 Å². The molecule has 1 aliphatic rings. The molecule has 124 valence electrons. The minimum absolute atomic E-state index is 0.0814. The maximum Gasteiger partial charge on any atom is 0.348 e. The zero-order valence-corrected chi connectivity index (χ0v) is 13.6. The number of benzene rings is 1. The number of hydrogen-bond donors (Lipinski definition) is 2. The van der Waals surface area contributed by atoms with Gasteiger partial charge in [0.15, 0.2) is 0 Å². The van der Waals surface area contributed by atoms with Crippen molar-refractivity contribution >= 4 is 20.9 Å². The van der Waals surface area contributed by atoms with Crippen molar-refractivity contribution in [1.29, 1.82) is 0 Å². The fraction of sp³-hybridized carbons (Fsp3) is 0.429. The lowest BCUT2D eigenvalue weighted by Crippen LogP contribution is -2.43. The number of H-pyrrole nitrogens is 1. The van der Waals surface area contributed by atoms with Gasteiger partial charge in [0, 0.05) is 6.61 Å². The number of hydrogen-bond acceptors (Lipinski definition) is 5. The maximum absolute atomic E-state index is 12.5. The van der Waals surface area contributed by atoms with Gasteiger partial charge in [0.1, 0.15) is 0 Å². The zero-order valence-electron chi connectivity index (χ0n) is 12.8. The highest BCUT2D eigenvalue weighted by Crippen LogP contribution is 2.31. The van der Waals surface area contributed by atoms with Crippen molar-refractivity contribution in [2.45, 2.75) is 25.9 Å². The van der Waals surface area contributed by atoms with E-state index in [1.165, 1.54) is 0 Å². The predicted molar refractivity (Wildman–Crippen MR) is 85.7 cm³/mol. The van der Waals surface area contributed by atoms with Crippen LogP contribution < -0.4 is 16.1 Å². The second-order valence-electron chi connectivity index (χ2n) is 5.69. The van der Waals surface area contributed by atoms with Gasteiger partial charge in [-0.3, -0.25) is 4.79 Å². The van der Waals surface area contributed by atoms with Gasteiger partial charge in [-0.05, 0) is 43.0 Å². The molecule has 1 fully saturated rings. The Morgan fingerprint density at radius 3 is 2.70 bits per heavy atom. The van der Waals surface area contributed by atoms with Crippen LogP contribution in [0.5, 0.6) is 0 Å². The highest BCUT2D eigenvalue weighted by Gasteiger charge is 2.21. The van der Waals surface area contributed by atoms with Crippen LogP contribution in [0.4, 0.5) is 0 Å². The zero-order chi connectivity index (χ0) is 16.8. The fourth-order valence-corrected chi connectivity index (χ4v) is 3.30. The number of aromatic nitrogens is 2. The first-order valence-corrected chi connectivity index (χ1v) is 9.04. The first-order valence-electron chi connectivity index (χ1n) is 7.15. The Morgan fingerprint density at radius 2 is 2.09 bits per heavy atom. The molecule has 1 aromatic heterocycles. The molecule has 1 saturated heterocycles. The molecule has 8 nitrogen and oxygen atoms in total. The summed E-state index contributed by atoms with van der Waals surface area (Å²) in [5.41, 5.74) is 0.606. The number of sulfonamides is 1. The Bertz CT molecular complexity index is 984. The maximum atomic E-state index is 12.5. The number of aryl methyl sites for hydroxylation is 1. The highest BCUT2D eigenvalue weighted by atomic mass is 32.2.